The molecule has 0 saturated heterocycles. The molecule has 1 aromatic carbocycles. The number of nitrogens with one attached hydrogen (secondary N) is 1. The summed E-state index contributed by atoms with van der Waals surface area (Å²) in [5.74, 6) is 0.490. The molecule has 124 valence electrons. The fourth-order valence-electron chi connectivity index (χ4n) is 2.54. The first-order valence-corrected chi connectivity index (χ1v) is 8.72. The maximum absolute atomic E-state index is 12.6. The molecule has 1 atom stereocenters. The number of thiophene rings is 1. The van der Waals surface area contributed by atoms with Crippen LogP contribution in [-0.2, 0) is 4.79 Å². The molecule has 0 spiro atoms. The second-order valence-corrected chi connectivity index (χ2v) is 6.67. The van der Waals surface area contributed by atoms with Crippen LogP contribution in [0, 0.1) is 0 Å². The smallest absolute Gasteiger partial charge is 0.226 e. The van der Waals surface area contributed by atoms with Crippen LogP contribution in [-0.4, -0.2) is 17.6 Å². The maximum Gasteiger partial charge on any atom is 0.226 e. The minimum absolute atomic E-state index is 0.0369. The number of aromatic nitrogens is 1. The van der Waals surface area contributed by atoms with Gasteiger partial charge in [-0.3, -0.25) is 4.79 Å². The number of rotatable bonds is 6. The van der Waals surface area contributed by atoms with E-state index in [9.17, 15) is 4.79 Å². The van der Waals surface area contributed by atoms with Crippen LogP contribution in [0.25, 0.3) is 0 Å². The lowest BCUT2D eigenvalue weighted by Crippen LogP contribution is -2.19. The van der Waals surface area contributed by atoms with Crippen LogP contribution in [0.3, 0.4) is 0 Å². The summed E-state index contributed by atoms with van der Waals surface area (Å²) in [6, 6.07) is 13.1. The van der Waals surface area contributed by atoms with Gasteiger partial charge in [-0.05, 0) is 41.8 Å². The van der Waals surface area contributed by atoms with Gasteiger partial charge in [0.05, 0.1) is 25.3 Å². The molecule has 1 amide bonds. The normalized spacial score (nSPS) is 11.9. The van der Waals surface area contributed by atoms with E-state index in [1.54, 1.807) is 36.6 Å². The lowest BCUT2D eigenvalue weighted by molar-refractivity contribution is -0.116. The van der Waals surface area contributed by atoms with Gasteiger partial charge in [0.2, 0.25) is 5.91 Å². The summed E-state index contributed by atoms with van der Waals surface area (Å²) < 4.78 is 7.32. The van der Waals surface area contributed by atoms with Crippen molar-refractivity contribution in [3.05, 3.63) is 70.1 Å². The molecule has 4 nitrogen and oxygen atoms in total. The van der Waals surface area contributed by atoms with E-state index >= 15 is 0 Å². The number of amides is 1. The van der Waals surface area contributed by atoms with Gasteiger partial charge in [-0.2, -0.15) is 0 Å². The average molecular weight is 361 g/mol. The Morgan fingerprint density at radius 1 is 1.29 bits per heavy atom. The summed E-state index contributed by atoms with van der Waals surface area (Å²) in [6.07, 6.45) is 4.26. The average Bonchev–Trinajstić information content (AvgIpc) is 3.27. The summed E-state index contributed by atoms with van der Waals surface area (Å²) >= 11 is 7.66. The van der Waals surface area contributed by atoms with E-state index in [0.717, 1.165) is 4.88 Å². The Morgan fingerprint density at radius 2 is 2.08 bits per heavy atom. The van der Waals surface area contributed by atoms with Crippen LogP contribution in [0.15, 0.2) is 60.2 Å². The second kappa shape index (κ2) is 7.55. The summed E-state index contributed by atoms with van der Waals surface area (Å²) in [5, 5.41) is 5.46. The van der Waals surface area contributed by atoms with Gasteiger partial charge in [0.15, 0.2) is 0 Å². The highest BCUT2D eigenvalue weighted by Gasteiger charge is 2.19. The fourth-order valence-corrected chi connectivity index (χ4v) is 3.55. The van der Waals surface area contributed by atoms with Crippen LogP contribution < -0.4 is 10.1 Å². The Kier molecular flexibility index (Phi) is 5.23. The standard InChI is InChI=1S/C18H17ClN2O2S/c1-23-16-7-6-13(19)11-14(16)20-18(22)12-15(17-5-4-10-24-17)21-8-2-3-9-21/h2-11,15H,12H2,1H3,(H,20,22)/t15-/m0/s1. The molecule has 0 radical (unpaired) electrons. The first-order valence-electron chi connectivity index (χ1n) is 7.46. The van der Waals surface area contributed by atoms with E-state index in [2.05, 4.69) is 5.32 Å². The topological polar surface area (TPSA) is 43.3 Å². The van der Waals surface area contributed by atoms with Crippen LogP contribution in [0.5, 0.6) is 5.75 Å². The van der Waals surface area contributed by atoms with Crippen molar-refractivity contribution in [2.45, 2.75) is 12.5 Å². The number of anilines is 1. The number of hydrogen-bond acceptors (Lipinski definition) is 3. The summed E-state index contributed by atoms with van der Waals surface area (Å²) in [6.45, 7) is 0. The van der Waals surface area contributed by atoms with E-state index in [4.69, 9.17) is 16.3 Å². The molecule has 2 aromatic heterocycles. The van der Waals surface area contributed by atoms with Crippen molar-refractivity contribution in [2.75, 3.05) is 12.4 Å². The molecule has 0 aliphatic heterocycles. The number of hydrogen-bond donors (Lipinski definition) is 1. The summed E-state index contributed by atoms with van der Waals surface area (Å²) in [7, 11) is 1.56. The fraction of sp³-hybridized carbons (Fsp3) is 0.167. The monoisotopic (exact) mass is 360 g/mol. The number of carbonyl (C=O) groups excluding carboxylic acids is 1. The zero-order valence-electron chi connectivity index (χ0n) is 13.1. The number of halogens is 1. The van der Waals surface area contributed by atoms with E-state index in [-0.39, 0.29) is 11.9 Å². The highest BCUT2D eigenvalue weighted by Crippen LogP contribution is 2.30. The minimum Gasteiger partial charge on any atom is -0.495 e. The molecule has 0 bridgehead atoms. The van der Waals surface area contributed by atoms with Gasteiger partial charge in [0.25, 0.3) is 0 Å². The van der Waals surface area contributed by atoms with Gasteiger partial charge >= 0.3 is 0 Å². The van der Waals surface area contributed by atoms with Crippen molar-refractivity contribution in [3.8, 4) is 5.75 Å². The molecule has 3 aromatic rings. The van der Waals surface area contributed by atoms with Crippen molar-refractivity contribution in [3.63, 3.8) is 0 Å². The molecule has 3 rings (SSSR count). The molecular formula is C18H17ClN2O2S. The Hall–Kier alpha value is -2.24. The third-order valence-electron chi connectivity index (χ3n) is 3.67. The molecule has 0 saturated carbocycles. The molecule has 0 aliphatic carbocycles. The minimum atomic E-state index is -0.0948. The molecule has 0 fully saturated rings. The first-order chi connectivity index (χ1) is 11.7. The number of carbonyl (C=O) groups is 1. The predicted octanol–water partition coefficient (Wildman–Crippen LogP) is 4.83. The van der Waals surface area contributed by atoms with Gasteiger partial charge in [0.1, 0.15) is 5.75 Å². The van der Waals surface area contributed by atoms with Crippen molar-refractivity contribution < 1.29 is 9.53 Å². The number of ether oxygens (including phenoxy) is 1. The van der Waals surface area contributed by atoms with Gasteiger partial charge in [-0.1, -0.05) is 17.7 Å². The lowest BCUT2D eigenvalue weighted by atomic mass is 10.1. The second-order valence-electron chi connectivity index (χ2n) is 5.26. The van der Waals surface area contributed by atoms with Crippen LogP contribution in [0.4, 0.5) is 5.69 Å². The highest BCUT2D eigenvalue weighted by molar-refractivity contribution is 7.10. The molecule has 1 N–H and O–H groups in total. The molecule has 6 heteroatoms. The quantitative estimate of drug-likeness (QED) is 0.684. The summed E-state index contributed by atoms with van der Waals surface area (Å²) in [4.78, 5) is 13.7. The van der Waals surface area contributed by atoms with Crippen molar-refractivity contribution in [1.82, 2.24) is 4.57 Å². The highest BCUT2D eigenvalue weighted by atomic mass is 35.5. The molecule has 0 aliphatic rings. The first kappa shape index (κ1) is 16.6. The Bertz CT molecular complexity index is 766. The SMILES string of the molecule is COc1ccc(Cl)cc1NC(=O)C[C@@H](c1cccs1)n1cccc1. The zero-order valence-corrected chi connectivity index (χ0v) is 14.7. The Morgan fingerprint density at radius 3 is 2.75 bits per heavy atom. The number of methoxy groups -OCH3 is 1. The van der Waals surface area contributed by atoms with E-state index in [1.807, 2.05) is 46.6 Å². The van der Waals surface area contributed by atoms with Crippen molar-refractivity contribution >= 4 is 34.5 Å². The van der Waals surface area contributed by atoms with Crippen LogP contribution in [0.2, 0.25) is 5.02 Å². The zero-order chi connectivity index (χ0) is 16.9. The molecule has 0 unspecified atom stereocenters. The third-order valence-corrected chi connectivity index (χ3v) is 4.88. The molecule has 2 heterocycles. The number of benzene rings is 1. The summed E-state index contributed by atoms with van der Waals surface area (Å²) in [5.41, 5.74) is 0.576. The predicted molar refractivity (Wildman–Crippen MR) is 98.1 cm³/mol. The maximum atomic E-state index is 12.6. The Labute approximate surface area is 149 Å². The molecule has 24 heavy (non-hydrogen) atoms. The van der Waals surface area contributed by atoms with Gasteiger partial charge in [0, 0.05) is 22.3 Å². The number of nitrogens with zero attached hydrogens (tertiary/aromatic N) is 1. The van der Waals surface area contributed by atoms with E-state index in [0.29, 0.717) is 22.9 Å². The van der Waals surface area contributed by atoms with Crippen LogP contribution in [0.1, 0.15) is 17.3 Å². The van der Waals surface area contributed by atoms with Crippen LogP contribution >= 0.6 is 22.9 Å². The van der Waals surface area contributed by atoms with Gasteiger partial charge in [-0.15, -0.1) is 11.3 Å². The Balaban J connectivity index is 1.79. The molecular weight excluding hydrogens is 344 g/mol. The van der Waals surface area contributed by atoms with Gasteiger partial charge in [-0.25, -0.2) is 0 Å². The van der Waals surface area contributed by atoms with Crippen molar-refractivity contribution in [1.29, 1.82) is 0 Å². The van der Waals surface area contributed by atoms with Gasteiger partial charge < -0.3 is 14.6 Å². The largest absolute Gasteiger partial charge is 0.495 e. The van der Waals surface area contributed by atoms with E-state index in [1.165, 1.54) is 0 Å². The third kappa shape index (κ3) is 3.80. The lowest BCUT2D eigenvalue weighted by Gasteiger charge is -2.18. The van der Waals surface area contributed by atoms with Crippen molar-refractivity contribution in [2.24, 2.45) is 0 Å². The van der Waals surface area contributed by atoms with E-state index < -0.39 is 0 Å².